The molecule has 1 heterocycles. The zero-order chi connectivity index (χ0) is 14.5. The van der Waals surface area contributed by atoms with Gasteiger partial charge in [0.2, 0.25) is 5.91 Å². The Hall–Kier alpha value is -1.90. The Kier molecular flexibility index (Phi) is 4.72. The van der Waals surface area contributed by atoms with Gasteiger partial charge in [0.1, 0.15) is 0 Å². The highest BCUT2D eigenvalue weighted by Crippen LogP contribution is 2.15. The number of rotatable bonds is 3. The SMILES string of the molecule is CN(C(=O)CN1CCC(N)CC1)c1ccc(C#N)cc1. The van der Waals surface area contributed by atoms with Crippen molar-refractivity contribution in [3.8, 4) is 6.07 Å². The van der Waals surface area contributed by atoms with Gasteiger partial charge in [-0.2, -0.15) is 5.26 Å². The minimum Gasteiger partial charge on any atom is -0.328 e. The molecule has 0 unspecified atom stereocenters. The summed E-state index contributed by atoms with van der Waals surface area (Å²) < 4.78 is 0. The molecule has 20 heavy (non-hydrogen) atoms. The summed E-state index contributed by atoms with van der Waals surface area (Å²) in [5, 5.41) is 8.77. The fraction of sp³-hybridized carbons (Fsp3) is 0.467. The maximum atomic E-state index is 12.2. The largest absolute Gasteiger partial charge is 0.328 e. The van der Waals surface area contributed by atoms with E-state index in [1.54, 1.807) is 36.2 Å². The van der Waals surface area contributed by atoms with Crippen molar-refractivity contribution < 1.29 is 4.79 Å². The lowest BCUT2D eigenvalue weighted by atomic mass is 10.1. The number of carbonyl (C=O) groups is 1. The number of likely N-dealkylation sites (N-methyl/N-ethyl adjacent to an activating group) is 1. The van der Waals surface area contributed by atoms with Crippen LogP contribution in [0.25, 0.3) is 0 Å². The summed E-state index contributed by atoms with van der Waals surface area (Å²) in [6.45, 7) is 2.19. The van der Waals surface area contributed by atoms with Gasteiger partial charge in [-0.3, -0.25) is 9.69 Å². The molecule has 1 saturated heterocycles. The summed E-state index contributed by atoms with van der Waals surface area (Å²) in [5.74, 6) is 0.0604. The number of anilines is 1. The van der Waals surface area contributed by atoms with Gasteiger partial charge < -0.3 is 10.6 Å². The van der Waals surface area contributed by atoms with Crippen LogP contribution in [-0.2, 0) is 4.79 Å². The second kappa shape index (κ2) is 6.51. The molecule has 1 amide bonds. The van der Waals surface area contributed by atoms with E-state index in [1.165, 1.54) is 0 Å². The molecule has 0 spiro atoms. The van der Waals surface area contributed by atoms with Crippen LogP contribution in [-0.4, -0.2) is 43.5 Å². The zero-order valence-corrected chi connectivity index (χ0v) is 11.7. The molecule has 0 aliphatic carbocycles. The van der Waals surface area contributed by atoms with Gasteiger partial charge in [-0.25, -0.2) is 0 Å². The van der Waals surface area contributed by atoms with Crippen LogP contribution in [0.1, 0.15) is 18.4 Å². The Labute approximate surface area is 119 Å². The summed E-state index contributed by atoms with van der Waals surface area (Å²) in [6.07, 6.45) is 1.90. The molecular weight excluding hydrogens is 252 g/mol. The molecule has 0 bridgehead atoms. The van der Waals surface area contributed by atoms with Crippen LogP contribution in [0.3, 0.4) is 0 Å². The first-order valence-corrected chi connectivity index (χ1v) is 6.85. The fourth-order valence-electron chi connectivity index (χ4n) is 2.31. The number of nitriles is 1. The number of benzene rings is 1. The Balaban J connectivity index is 1.92. The van der Waals surface area contributed by atoms with Crippen molar-refractivity contribution in [1.29, 1.82) is 5.26 Å². The summed E-state index contributed by atoms with van der Waals surface area (Å²) >= 11 is 0. The van der Waals surface area contributed by atoms with E-state index in [9.17, 15) is 4.79 Å². The molecule has 0 aromatic heterocycles. The first-order valence-electron chi connectivity index (χ1n) is 6.85. The molecule has 1 aliphatic heterocycles. The highest BCUT2D eigenvalue weighted by atomic mass is 16.2. The topological polar surface area (TPSA) is 73.4 Å². The van der Waals surface area contributed by atoms with Crippen LogP contribution in [0.5, 0.6) is 0 Å². The number of hydrogen-bond donors (Lipinski definition) is 1. The van der Waals surface area contributed by atoms with E-state index in [4.69, 9.17) is 11.0 Å². The van der Waals surface area contributed by atoms with Crippen LogP contribution in [0.2, 0.25) is 0 Å². The monoisotopic (exact) mass is 272 g/mol. The number of carbonyl (C=O) groups excluding carboxylic acids is 1. The summed E-state index contributed by atoms with van der Waals surface area (Å²) in [6, 6.07) is 9.38. The van der Waals surface area contributed by atoms with E-state index in [0.717, 1.165) is 31.6 Å². The molecular formula is C15H20N4O. The Morgan fingerprint density at radius 1 is 1.40 bits per heavy atom. The van der Waals surface area contributed by atoms with Crippen LogP contribution < -0.4 is 10.6 Å². The average molecular weight is 272 g/mol. The quantitative estimate of drug-likeness (QED) is 0.889. The average Bonchev–Trinajstić information content (AvgIpc) is 2.49. The normalized spacial score (nSPS) is 16.6. The van der Waals surface area contributed by atoms with Crippen LogP contribution in [0.15, 0.2) is 24.3 Å². The van der Waals surface area contributed by atoms with Crippen LogP contribution in [0, 0.1) is 11.3 Å². The summed E-state index contributed by atoms with van der Waals surface area (Å²) in [4.78, 5) is 16.0. The molecule has 0 saturated carbocycles. The van der Waals surface area contributed by atoms with Crippen molar-refractivity contribution in [2.24, 2.45) is 5.73 Å². The molecule has 5 nitrogen and oxygen atoms in total. The number of amides is 1. The molecule has 106 valence electrons. The first kappa shape index (κ1) is 14.5. The van der Waals surface area contributed by atoms with E-state index >= 15 is 0 Å². The summed E-state index contributed by atoms with van der Waals surface area (Å²) in [5.41, 5.74) is 7.26. The standard InChI is InChI=1S/C15H20N4O/c1-18(14-4-2-12(10-16)3-5-14)15(20)11-19-8-6-13(17)7-9-19/h2-5,13H,6-9,11,17H2,1H3. The molecule has 2 rings (SSSR count). The van der Waals surface area contributed by atoms with Crippen LogP contribution >= 0.6 is 0 Å². The van der Waals surface area contributed by atoms with E-state index < -0.39 is 0 Å². The highest BCUT2D eigenvalue weighted by Gasteiger charge is 2.20. The van der Waals surface area contributed by atoms with Crippen molar-refractivity contribution in [3.05, 3.63) is 29.8 Å². The number of nitrogens with zero attached hydrogens (tertiary/aromatic N) is 3. The Morgan fingerprint density at radius 2 is 2.00 bits per heavy atom. The van der Waals surface area contributed by atoms with Crippen molar-refractivity contribution >= 4 is 11.6 Å². The summed E-state index contributed by atoms with van der Waals surface area (Å²) in [7, 11) is 1.76. The molecule has 5 heteroatoms. The van der Waals surface area contributed by atoms with Gasteiger partial charge in [-0.1, -0.05) is 0 Å². The van der Waals surface area contributed by atoms with Crippen molar-refractivity contribution in [1.82, 2.24) is 4.90 Å². The number of piperidine rings is 1. The molecule has 1 aliphatic rings. The van der Waals surface area contributed by atoms with Gasteiger partial charge in [0, 0.05) is 31.9 Å². The third kappa shape index (κ3) is 3.56. The maximum Gasteiger partial charge on any atom is 0.240 e. The number of nitrogens with two attached hydrogens (primary N) is 1. The number of hydrogen-bond acceptors (Lipinski definition) is 4. The lowest BCUT2D eigenvalue weighted by molar-refractivity contribution is -0.119. The van der Waals surface area contributed by atoms with E-state index in [0.29, 0.717) is 12.1 Å². The van der Waals surface area contributed by atoms with E-state index in [-0.39, 0.29) is 11.9 Å². The van der Waals surface area contributed by atoms with Gasteiger partial charge in [0.05, 0.1) is 18.2 Å². The second-order valence-electron chi connectivity index (χ2n) is 5.23. The first-order chi connectivity index (χ1) is 9.60. The molecule has 2 N–H and O–H groups in total. The molecule has 0 atom stereocenters. The minimum absolute atomic E-state index is 0.0604. The highest BCUT2D eigenvalue weighted by molar-refractivity contribution is 5.94. The molecule has 1 fully saturated rings. The van der Waals surface area contributed by atoms with Gasteiger partial charge in [0.25, 0.3) is 0 Å². The van der Waals surface area contributed by atoms with Gasteiger partial charge in [-0.15, -0.1) is 0 Å². The van der Waals surface area contributed by atoms with E-state index in [1.807, 2.05) is 0 Å². The van der Waals surface area contributed by atoms with Gasteiger partial charge in [-0.05, 0) is 37.1 Å². The predicted molar refractivity (Wildman–Crippen MR) is 78.2 cm³/mol. The fourth-order valence-corrected chi connectivity index (χ4v) is 2.31. The molecule has 1 aromatic rings. The van der Waals surface area contributed by atoms with Crippen LogP contribution in [0.4, 0.5) is 5.69 Å². The zero-order valence-electron chi connectivity index (χ0n) is 11.7. The predicted octanol–water partition coefficient (Wildman–Crippen LogP) is 0.944. The minimum atomic E-state index is 0.0604. The van der Waals surface area contributed by atoms with Gasteiger partial charge in [0.15, 0.2) is 0 Å². The molecule has 0 radical (unpaired) electrons. The van der Waals surface area contributed by atoms with Crippen molar-refractivity contribution in [3.63, 3.8) is 0 Å². The Morgan fingerprint density at radius 3 is 2.55 bits per heavy atom. The number of likely N-dealkylation sites (tertiary alicyclic amines) is 1. The second-order valence-corrected chi connectivity index (χ2v) is 5.23. The maximum absolute atomic E-state index is 12.2. The third-order valence-electron chi connectivity index (χ3n) is 3.75. The van der Waals surface area contributed by atoms with Crippen molar-refractivity contribution in [2.75, 3.05) is 31.6 Å². The molecule has 1 aromatic carbocycles. The lowest BCUT2D eigenvalue weighted by Gasteiger charge is -2.30. The lowest BCUT2D eigenvalue weighted by Crippen LogP contribution is -2.45. The smallest absolute Gasteiger partial charge is 0.240 e. The van der Waals surface area contributed by atoms with E-state index in [2.05, 4.69) is 11.0 Å². The van der Waals surface area contributed by atoms with Gasteiger partial charge >= 0.3 is 0 Å². The van der Waals surface area contributed by atoms with Crippen molar-refractivity contribution in [2.45, 2.75) is 18.9 Å². The Bertz CT molecular complexity index is 498. The third-order valence-corrected chi connectivity index (χ3v) is 3.75.